The second-order valence-electron chi connectivity index (χ2n) is 6.14. The Morgan fingerprint density at radius 3 is 2.65 bits per heavy atom. The molecule has 0 bridgehead atoms. The third kappa shape index (κ3) is 6.10. The van der Waals surface area contributed by atoms with Gasteiger partial charge in [0.15, 0.2) is 5.96 Å². The number of halogens is 2. The molecule has 23 heavy (non-hydrogen) atoms. The van der Waals surface area contributed by atoms with Crippen molar-refractivity contribution in [3.05, 3.63) is 34.9 Å². The fourth-order valence-electron chi connectivity index (χ4n) is 2.74. The molecule has 7 heteroatoms. The second-order valence-corrected chi connectivity index (χ2v) is 6.57. The number of hydrogen-bond donors (Lipinski definition) is 2. The van der Waals surface area contributed by atoms with E-state index in [0.29, 0.717) is 12.5 Å². The highest BCUT2D eigenvalue weighted by atomic mass is 127. The van der Waals surface area contributed by atoms with E-state index in [9.17, 15) is 0 Å². The molecule has 0 aliphatic carbocycles. The highest BCUT2D eigenvalue weighted by Gasteiger charge is 2.32. The van der Waals surface area contributed by atoms with E-state index in [0.717, 1.165) is 24.7 Å². The molecule has 5 nitrogen and oxygen atoms in total. The molecule has 1 aromatic rings. The van der Waals surface area contributed by atoms with E-state index >= 15 is 0 Å². The van der Waals surface area contributed by atoms with Crippen LogP contribution in [0.25, 0.3) is 0 Å². The molecule has 1 aliphatic heterocycles. The molecule has 1 fully saturated rings. The van der Waals surface area contributed by atoms with Crippen molar-refractivity contribution in [1.29, 1.82) is 0 Å². The molecule has 0 spiro atoms. The lowest BCUT2D eigenvalue weighted by atomic mass is 10.0. The van der Waals surface area contributed by atoms with Crippen LogP contribution < -0.4 is 11.1 Å². The lowest BCUT2D eigenvalue weighted by molar-refractivity contribution is -0.0971. The Hall–Kier alpha value is -0.570. The fraction of sp³-hybridized carbons (Fsp3) is 0.562. The van der Waals surface area contributed by atoms with Crippen LogP contribution in [0.4, 0.5) is 0 Å². The first kappa shape index (κ1) is 20.5. The predicted octanol–water partition coefficient (Wildman–Crippen LogP) is 2.64. The molecule has 0 saturated carbocycles. The third-order valence-corrected chi connectivity index (χ3v) is 4.12. The number of nitrogens with one attached hydrogen (secondary N) is 1. The summed E-state index contributed by atoms with van der Waals surface area (Å²) in [4.78, 5) is 6.38. The van der Waals surface area contributed by atoms with Gasteiger partial charge in [0.25, 0.3) is 0 Å². The first-order chi connectivity index (χ1) is 10.4. The van der Waals surface area contributed by atoms with Crippen molar-refractivity contribution in [2.45, 2.75) is 25.5 Å². The molecule has 1 unspecified atom stereocenters. The van der Waals surface area contributed by atoms with Gasteiger partial charge in [-0.05, 0) is 31.5 Å². The van der Waals surface area contributed by atoms with E-state index in [4.69, 9.17) is 22.1 Å². The lowest BCUT2D eigenvalue weighted by Crippen LogP contribution is -2.51. The highest BCUT2D eigenvalue weighted by molar-refractivity contribution is 14.0. The number of guanidine groups is 1. The molecule has 0 amide bonds. The van der Waals surface area contributed by atoms with Gasteiger partial charge < -0.3 is 15.8 Å². The second kappa shape index (κ2) is 9.05. The molecule has 3 N–H and O–H groups in total. The zero-order chi connectivity index (χ0) is 16.2. The van der Waals surface area contributed by atoms with Gasteiger partial charge in [-0.3, -0.25) is 9.89 Å². The van der Waals surface area contributed by atoms with Crippen molar-refractivity contribution in [2.75, 3.05) is 33.3 Å². The normalized spacial score (nSPS) is 19.7. The first-order valence-corrected chi connectivity index (χ1v) is 7.89. The van der Waals surface area contributed by atoms with Crippen molar-refractivity contribution >= 4 is 41.5 Å². The number of rotatable bonds is 4. The smallest absolute Gasteiger partial charge is 0.188 e. The van der Waals surface area contributed by atoms with Crippen molar-refractivity contribution in [3.63, 3.8) is 0 Å². The number of nitrogens with zero attached hydrogens (tertiary/aromatic N) is 2. The zero-order valence-electron chi connectivity index (χ0n) is 13.9. The van der Waals surface area contributed by atoms with Crippen LogP contribution in [0.5, 0.6) is 0 Å². The van der Waals surface area contributed by atoms with Crippen molar-refractivity contribution < 1.29 is 4.74 Å². The fourth-order valence-corrected chi connectivity index (χ4v) is 2.87. The minimum atomic E-state index is -0.146. The minimum Gasteiger partial charge on any atom is -0.373 e. The Balaban J connectivity index is 0.00000264. The van der Waals surface area contributed by atoms with E-state index in [1.54, 1.807) is 7.05 Å². The summed E-state index contributed by atoms with van der Waals surface area (Å²) in [7, 11) is 1.68. The van der Waals surface area contributed by atoms with Crippen LogP contribution in [0, 0.1) is 0 Å². The Labute approximate surface area is 160 Å². The van der Waals surface area contributed by atoms with E-state index in [-0.39, 0.29) is 35.6 Å². The largest absolute Gasteiger partial charge is 0.373 e. The average molecular weight is 453 g/mol. The topological polar surface area (TPSA) is 62.9 Å². The van der Waals surface area contributed by atoms with Crippen LogP contribution in [0.3, 0.4) is 0 Å². The third-order valence-electron chi connectivity index (χ3n) is 3.87. The Morgan fingerprint density at radius 2 is 2.09 bits per heavy atom. The highest BCUT2D eigenvalue weighted by Crippen LogP contribution is 2.27. The molecule has 0 aromatic heterocycles. The number of morpholine rings is 1. The van der Waals surface area contributed by atoms with Gasteiger partial charge in [0, 0.05) is 31.7 Å². The summed E-state index contributed by atoms with van der Waals surface area (Å²) in [5.41, 5.74) is 6.84. The van der Waals surface area contributed by atoms with Crippen molar-refractivity contribution in [1.82, 2.24) is 10.2 Å². The molecule has 2 rings (SSSR count). The van der Waals surface area contributed by atoms with E-state index < -0.39 is 0 Å². The molecule has 1 aliphatic rings. The monoisotopic (exact) mass is 452 g/mol. The van der Waals surface area contributed by atoms with Crippen molar-refractivity contribution in [3.8, 4) is 0 Å². The van der Waals surface area contributed by atoms with Gasteiger partial charge in [0.2, 0.25) is 0 Å². The SMILES string of the molecule is CN=C(N)NCC(c1ccc(Cl)cc1)N1CCOC(C)(C)C1.I. The zero-order valence-corrected chi connectivity index (χ0v) is 17.0. The number of hydrogen-bond acceptors (Lipinski definition) is 3. The lowest BCUT2D eigenvalue weighted by Gasteiger charge is -2.42. The van der Waals surface area contributed by atoms with E-state index in [2.05, 4.69) is 41.2 Å². The van der Waals surface area contributed by atoms with Gasteiger partial charge in [0.1, 0.15) is 0 Å². The summed E-state index contributed by atoms with van der Waals surface area (Å²) in [5, 5.41) is 3.93. The molecule has 1 saturated heterocycles. The quantitative estimate of drug-likeness (QED) is 0.419. The van der Waals surface area contributed by atoms with E-state index in [1.807, 2.05) is 12.1 Å². The average Bonchev–Trinajstić information content (AvgIpc) is 2.48. The summed E-state index contributed by atoms with van der Waals surface area (Å²) < 4.78 is 5.82. The van der Waals surface area contributed by atoms with Crippen LogP contribution in [-0.2, 0) is 4.74 Å². The molecule has 1 heterocycles. The van der Waals surface area contributed by atoms with Gasteiger partial charge in [-0.2, -0.15) is 0 Å². The van der Waals surface area contributed by atoms with Crippen molar-refractivity contribution in [2.24, 2.45) is 10.7 Å². The minimum absolute atomic E-state index is 0. The Kier molecular flexibility index (Phi) is 8.06. The van der Waals surface area contributed by atoms with Gasteiger partial charge in [-0.1, -0.05) is 23.7 Å². The summed E-state index contributed by atoms with van der Waals surface area (Å²) in [5.74, 6) is 0.450. The maximum atomic E-state index is 6.01. The summed E-state index contributed by atoms with van der Waals surface area (Å²) in [6.45, 7) is 7.42. The van der Waals surface area contributed by atoms with Crippen LogP contribution >= 0.6 is 35.6 Å². The predicted molar refractivity (Wildman–Crippen MR) is 107 cm³/mol. The summed E-state index contributed by atoms with van der Waals surface area (Å²) in [6.07, 6.45) is 0. The van der Waals surface area contributed by atoms with Gasteiger partial charge in [-0.25, -0.2) is 0 Å². The van der Waals surface area contributed by atoms with Gasteiger partial charge in [0.05, 0.1) is 18.2 Å². The number of aliphatic imine (C=N–C) groups is 1. The maximum Gasteiger partial charge on any atom is 0.188 e. The summed E-state index contributed by atoms with van der Waals surface area (Å²) >= 11 is 6.01. The van der Waals surface area contributed by atoms with Crippen LogP contribution in [0.1, 0.15) is 25.5 Å². The summed E-state index contributed by atoms with van der Waals surface area (Å²) in [6, 6.07) is 8.17. The van der Waals surface area contributed by atoms with Crippen LogP contribution in [0.15, 0.2) is 29.3 Å². The molecular formula is C16H26ClIN4O. The maximum absolute atomic E-state index is 6.01. The molecule has 1 aromatic carbocycles. The van der Waals surface area contributed by atoms with Gasteiger partial charge in [-0.15, -0.1) is 24.0 Å². The van der Waals surface area contributed by atoms with Crippen LogP contribution in [0.2, 0.25) is 5.02 Å². The molecular weight excluding hydrogens is 427 g/mol. The number of benzene rings is 1. The standard InChI is InChI=1S/C16H25ClN4O.HI/c1-16(2)11-21(8-9-22-16)14(10-20-15(18)19-3)12-4-6-13(17)7-5-12;/h4-7,14H,8-11H2,1-3H3,(H3,18,19,20);1H. The molecule has 130 valence electrons. The number of ether oxygens (including phenoxy) is 1. The Morgan fingerprint density at radius 1 is 1.43 bits per heavy atom. The van der Waals surface area contributed by atoms with E-state index in [1.165, 1.54) is 5.56 Å². The number of nitrogens with two attached hydrogens (primary N) is 1. The molecule has 1 atom stereocenters. The van der Waals surface area contributed by atoms with Crippen LogP contribution in [-0.4, -0.2) is 49.7 Å². The first-order valence-electron chi connectivity index (χ1n) is 7.51. The molecule has 0 radical (unpaired) electrons. The Bertz CT molecular complexity index is 521. The van der Waals surface area contributed by atoms with Gasteiger partial charge >= 0.3 is 0 Å².